The molecule has 0 unspecified atom stereocenters. The quantitative estimate of drug-likeness (QED) is 0.885. The first kappa shape index (κ1) is 18.1. The van der Waals surface area contributed by atoms with Crippen LogP contribution in [0.25, 0.3) is 0 Å². The van der Waals surface area contributed by atoms with E-state index in [1.54, 1.807) is 24.3 Å². The minimum Gasteiger partial charge on any atom is -0.478 e. The van der Waals surface area contributed by atoms with Crippen molar-refractivity contribution in [1.82, 2.24) is 0 Å². The molecule has 3 rings (SSSR count). The van der Waals surface area contributed by atoms with Crippen molar-refractivity contribution in [2.75, 3.05) is 22.4 Å². The number of anilines is 2. The zero-order valence-corrected chi connectivity index (χ0v) is 14.6. The molecule has 0 fully saturated rings. The van der Waals surface area contributed by atoms with Crippen LogP contribution in [0, 0.1) is 11.6 Å². The second kappa shape index (κ2) is 6.91. The molecule has 1 aliphatic heterocycles. The molecule has 6 nitrogen and oxygen atoms in total. The van der Waals surface area contributed by atoms with Crippen LogP contribution in [-0.4, -0.2) is 33.2 Å². The van der Waals surface area contributed by atoms with Crippen molar-refractivity contribution in [3.63, 3.8) is 0 Å². The number of nitrogens with one attached hydrogen (secondary N) is 1. The molecule has 2 aromatic carbocycles. The zero-order valence-electron chi connectivity index (χ0n) is 13.8. The zero-order chi connectivity index (χ0) is 18.9. The summed E-state index contributed by atoms with van der Waals surface area (Å²) in [4.78, 5) is 12.5. The molecule has 1 amide bonds. The Labute approximate surface area is 149 Å². The maximum absolute atomic E-state index is 13.7. The van der Waals surface area contributed by atoms with E-state index < -0.39 is 33.7 Å². The van der Waals surface area contributed by atoms with Gasteiger partial charge in [-0.05, 0) is 24.3 Å². The highest BCUT2D eigenvalue weighted by atomic mass is 32.2. The van der Waals surface area contributed by atoms with Crippen molar-refractivity contribution < 1.29 is 26.7 Å². The molecule has 26 heavy (non-hydrogen) atoms. The van der Waals surface area contributed by atoms with Gasteiger partial charge in [-0.1, -0.05) is 12.1 Å². The third-order valence-corrected chi connectivity index (χ3v) is 5.06. The Morgan fingerprint density at radius 1 is 1.23 bits per heavy atom. The molecule has 0 radical (unpaired) electrons. The van der Waals surface area contributed by atoms with Crippen LogP contribution in [0.5, 0.6) is 5.75 Å². The summed E-state index contributed by atoms with van der Waals surface area (Å²) in [5.74, 6) is -2.09. The summed E-state index contributed by atoms with van der Waals surface area (Å²) in [6.07, 6.45) is 0.0985. The Morgan fingerprint density at radius 2 is 1.96 bits per heavy atom. The molecular formula is C17H16F2N2O4S. The van der Waals surface area contributed by atoms with Crippen LogP contribution in [0.4, 0.5) is 20.2 Å². The first-order valence-corrected chi connectivity index (χ1v) is 9.60. The van der Waals surface area contributed by atoms with Crippen LogP contribution in [0.3, 0.4) is 0 Å². The van der Waals surface area contributed by atoms with Crippen molar-refractivity contribution >= 4 is 27.3 Å². The van der Waals surface area contributed by atoms with Gasteiger partial charge in [0, 0.05) is 19.0 Å². The number of nitrogens with zero attached hydrogens (tertiary/aromatic N) is 1. The van der Waals surface area contributed by atoms with Gasteiger partial charge in [0.2, 0.25) is 10.0 Å². The van der Waals surface area contributed by atoms with E-state index in [1.165, 1.54) is 0 Å². The van der Waals surface area contributed by atoms with Crippen molar-refractivity contribution in [3.05, 3.63) is 54.1 Å². The molecule has 0 saturated heterocycles. The van der Waals surface area contributed by atoms with E-state index in [0.717, 1.165) is 22.7 Å². The van der Waals surface area contributed by atoms with Crippen molar-refractivity contribution in [3.8, 4) is 5.75 Å². The van der Waals surface area contributed by atoms with Crippen LogP contribution in [-0.2, 0) is 14.8 Å². The van der Waals surface area contributed by atoms with Gasteiger partial charge in [-0.3, -0.25) is 9.10 Å². The third kappa shape index (κ3) is 3.77. The smallest absolute Gasteiger partial charge is 0.265 e. The van der Waals surface area contributed by atoms with Crippen LogP contribution >= 0.6 is 0 Å². The van der Waals surface area contributed by atoms with Gasteiger partial charge < -0.3 is 10.1 Å². The van der Waals surface area contributed by atoms with Gasteiger partial charge in [0.25, 0.3) is 5.91 Å². The lowest BCUT2D eigenvalue weighted by atomic mass is 10.2. The van der Waals surface area contributed by atoms with E-state index >= 15 is 0 Å². The molecule has 0 saturated carbocycles. The number of hydrogen-bond donors (Lipinski definition) is 1. The Morgan fingerprint density at radius 3 is 2.65 bits per heavy atom. The van der Waals surface area contributed by atoms with Gasteiger partial charge in [-0.25, -0.2) is 17.2 Å². The normalized spacial score (nSPS) is 17.0. The Kier molecular flexibility index (Phi) is 4.82. The fraction of sp³-hybridized carbons (Fsp3) is 0.235. The maximum atomic E-state index is 13.7. The topological polar surface area (TPSA) is 75.7 Å². The number of fused-ring (bicyclic) bond motifs is 1. The summed E-state index contributed by atoms with van der Waals surface area (Å²) in [7, 11) is -3.56. The summed E-state index contributed by atoms with van der Waals surface area (Å²) in [6, 6.07) is 9.23. The molecule has 1 atom stereocenters. The SMILES string of the molecule is CS(=O)(=O)N1CC[C@H](C(=O)Nc2ccc(F)cc2F)Oc2ccccc21. The molecule has 1 heterocycles. The summed E-state index contributed by atoms with van der Waals surface area (Å²) in [5.41, 5.74) is 0.149. The van der Waals surface area contributed by atoms with Gasteiger partial charge in [0.15, 0.2) is 6.10 Å². The lowest BCUT2D eigenvalue weighted by molar-refractivity contribution is -0.122. The minimum atomic E-state index is -3.56. The summed E-state index contributed by atoms with van der Waals surface area (Å²) in [5, 5.41) is 2.35. The van der Waals surface area contributed by atoms with E-state index in [1.807, 2.05) is 0 Å². The number of carbonyl (C=O) groups is 1. The third-order valence-electron chi connectivity index (χ3n) is 3.88. The highest BCUT2D eigenvalue weighted by molar-refractivity contribution is 7.92. The molecule has 0 aliphatic carbocycles. The van der Waals surface area contributed by atoms with Crippen molar-refractivity contribution in [2.45, 2.75) is 12.5 Å². The standard InChI is InChI=1S/C17H16F2N2O4S/c1-26(23,24)21-9-8-16(25-15-5-3-2-4-14(15)21)17(22)20-13-7-6-11(18)10-12(13)19/h2-7,10,16H,8-9H2,1H3,(H,20,22)/t16-/m1/s1. The lowest BCUT2D eigenvalue weighted by Crippen LogP contribution is -2.36. The number of rotatable bonds is 3. The molecule has 2 aromatic rings. The predicted molar refractivity (Wildman–Crippen MR) is 92.7 cm³/mol. The van der Waals surface area contributed by atoms with Crippen LogP contribution in [0.1, 0.15) is 6.42 Å². The molecule has 0 aromatic heterocycles. The molecular weight excluding hydrogens is 366 g/mol. The largest absolute Gasteiger partial charge is 0.478 e. The Bertz CT molecular complexity index is 950. The van der Waals surface area contributed by atoms with E-state index in [0.29, 0.717) is 11.8 Å². The van der Waals surface area contributed by atoms with Gasteiger partial charge in [0.05, 0.1) is 17.6 Å². The van der Waals surface area contributed by atoms with E-state index in [-0.39, 0.29) is 24.4 Å². The number of ether oxygens (including phenoxy) is 1. The second-order valence-electron chi connectivity index (χ2n) is 5.81. The number of hydrogen-bond acceptors (Lipinski definition) is 4. The molecule has 0 spiro atoms. The van der Waals surface area contributed by atoms with E-state index in [2.05, 4.69) is 5.32 Å². The number of halogens is 2. The highest BCUT2D eigenvalue weighted by Gasteiger charge is 2.31. The number of benzene rings is 2. The van der Waals surface area contributed by atoms with E-state index in [9.17, 15) is 22.0 Å². The first-order chi connectivity index (χ1) is 12.3. The average Bonchev–Trinajstić information content (AvgIpc) is 2.76. The molecule has 138 valence electrons. The van der Waals surface area contributed by atoms with Gasteiger partial charge in [-0.15, -0.1) is 0 Å². The van der Waals surface area contributed by atoms with Crippen molar-refractivity contribution in [2.24, 2.45) is 0 Å². The highest BCUT2D eigenvalue weighted by Crippen LogP contribution is 2.34. The van der Waals surface area contributed by atoms with Gasteiger partial charge in [0.1, 0.15) is 17.4 Å². The van der Waals surface area contributed by atoms with Crippen LogP contribution < -0.4 is 14.4 Å². The van der Waals surface area contributed by atoms with Gasteiger partial charge >= 0.3 is 0 Å². The molecule has 1 N–H and O–H groups in total. The summed E-state index contributed by atoms with van der Waals surface area (Å²) in [6.45, 7) is 0.0276. The average molecular weight is 382 g/mol. The number of sulfonamides is 1. The summed E-state index contributed by atoms with van der Waals surface area (Å²) < 4.78 is 57.6. The lowest BCUT2D eigenvalue weighted by Gasteiger charge is -2.20. The Hall–Kier alpha value is -2.68. The predicted octanol–water partition coefficient (Wildman–Crippen LogP) is 2.52. The first-order valence-electron chi connectivity index (χ1n) is 7.75. The summed E-state index contributed by atoms with van der Waals surface area (Å²) >= 11 is 0. The number of carbonyl (C=O) groups excluding carboxylic acids is 1. The van der Waals surface area contributed by atoms with Crippen molar-refractivity contribution in [1.29, 1.82) is 0 Å². The van der Waals surface area contributed by atoms with Gasteiger partial charge in [-0.2, -0.15) is 0 Å². The fourth-order valence-electron chi connectivity index (χ4n) is 2.66. The maximum Gasteiger partial charge on any atom is 0.265 e. The molecule has 0 bridgehead atoms. The fourth-order valence-corrected chi connectivity index (χ4v) is 3.61. The second-order valence-corrected chi connectivity index (χ2v) is 7.72. The monoisotopic (exact) mass is 382 g/mol. The number of para-hydroxylation sites is 2. The Balaban J connectivity index is 1.85. The van der Waals surface area contributed by atoms with Crippen LogP contribution in [0.15, 0.2) is 42.5 Å². The minimum absolute atomic E-state index is 0.0276. The molecule has 9 heteroatoms. The van der Waals surface area contributed by atoms with E-state index in [4.69, 9.17) is 4.74 Å². The van der Waals surface area contributed by atoms with Crippen LogP contribution in [0.2, 0.25) is 0 Å². The molecule has 1 aliphatic rings. The number of amides is 1.